The van der Waals surface area contributed by atoms with Gasteiger partial charge in [-0.15, -0.1) is 0 Å². The second-order valence-corrected chi connectivity index (χ2v) is 4.14. The number of hydrogen-bond donors (Lipinski definition) is 1. The highest BCUT2D eigenvalue weighted by Gasteiger charge is 2.14. The standard InChI is InChI=1S/C12H13N3O3/c16-9-11-8-14(6-5-13-11)7-10-1-3-12(4-2-10)15(17)18/h1-4,13H,5-8H2. The molecular weight excluding hydrogens is 234 g/mol. The molecule has 0 spiro atoms. The Labute approximate surface area is 104 Å². The van der Waals surface area contributed by atoms with E-state index in [-0.39, 0.29) is 5.69 Å². The maximum Gasteiger partial charge on any atom is 0.269 e. The van der Waals surface area contributed by atoms with Crippen LogP contribution >= 0.6 is 0 Å². The van der Waals surface area contributed by atoms with Crippen LogP contribution in [0.1, 0.15) is 5.56 Å². The number of non-ortho nitro benzene ring substituents is 1. The molecule has 1 aromatic rings. The van der Waals surface area contributed by atoms with E-state index in [2.05, 4.69) is 10.2 Å². The van der Waals surface area contributed by atoms with Crippen LogP contribution in [0.15, 0.2) is 30.0 Å². The Hall–Kier alpha value is -2.17. The highest BCUT2D eigenvalue weighted by molar-refractivity contribution is 5.52. The molecular formula is C12H13N3O3. The molecule has 0 aromatic heterocycles. The first-order chi connectivity index (χ1) is 8.69. The second-order valence-electron chi connectivity index (χ2n) is 4.14. The van der Waals surface area contributed by atoms with E-state index in [1.807, 2.05) is 5.94 Å². The Balaban J connectivity index is 2.00. The van der Waals surface area contributed by atoms with E-state index in [4.69, 9.17) is 0 Å². The normalized spacial score (nSPS) is 15.9. The van der Waals surface area contributed by atoms with Crippen LogP contribution in [0.3, 0.4) is 0 Å². The van der Waals surface area contributed by atoms with Gasteiger partial charge in [0.2, 0.25) is 0 Å². The van der Waals surface area contributed by atoms with Crippen LogP contribution in [0, 0.1) is 10.1 Å². The molecule has 0 radical (unpaired) electrons. The first-order valence-electron chi connectivity index (χ1n) is 5.62. The second kappa shape index (κ2) is 5.44. The molecule has 18 heavy (non-hydrogen) atoms. The number of hydrogen-bond acceptors (Lipinski definition) is 5. The van der Waals surface area contributed by atoms with E-state index in [1.54, 1.807) is 12.1 Å². The van der Waals surface area contributed by atoms with Crippen molar-refractivity contribution in [3.05, 3.63) is 45.6 Å². The van der Waals surface area contributed by atoms with Gasteiger partial charge in [0, 0.05) is 38.3 Å². The molecule has 1 saturated heterocycles. The van der Waals surface area contributed by atoms with Gasteiger partial charge in [0.15, 0.2) is 0 Å². The average Bonchev–Trinajstić information content (AvgIpc) is 2.39. The summed E-state index contributed by atoms with van der Waals surface area (Å²) in [5, 5.41) is 13.5. The van der Waals surface area contributed by atoms with Crippen LogP contribution in [0.2, 0.25) is 0 Å². The number of rotatable bonds is 3. The van der Waals surface area contributed by atoms with Crippen LogP contribution in [0.4, 0.5) is 5.69 Å². The van der Waals surface area contributed by atoms with Crippen molar-refractivity contribution in [1.82, 2.24) is 10.2 Å². The number of benzene rings is 1. The van der Waals surface area contributed by atoms with Gasteiger partial charge in [-0.2, -0.15) is 0 Å². The Morgan fingerprint density at radius 2 is 2.11 bits per heavy atom. The molecule has 0 aliphatic carbocycles. The largest absolute Gasteiger partial charge is 0.377 e. The van der Waals surface area contributed by atoms with E-state index in [9.17, 15) is 14.9 Å². The summed E-state index contributed by atoms with van der Waals surface area (Å²) in [5.74, 6) is 1.87. The molecule has 1 aliphatic heterocycles. The quantitative estimate of drug-likeness (QED) is 0.484. The number of carbonyl (C=O) groups excluding carboxylic acids is 1. The van der Waals surface area contributed by atoms with Crippen molar-refractivity contribution in [2.75, 3.05) is 19.6 Å². The van der Waals surface area contributed by atoms with Crippen molar-refractivity contribution >= 4 is 11.6 Å². The minimum Gasteiger partial charge on any atom is -0.377 e. The Bertz CT molecular complexity index is 492. The molecule has 0 atom stereocenters. The van der Waals surface area contributed by atoms with Gasteiger partial charge < -0.3 is 5.32 Å². The highest BCUT2D eigenvalue weighted by atomic mass is 16.6. The molecule has 1 heterocycles. The lowest BCUT2D eigenvalue weighted by Gasteiger charge is -2.27. The van der Waals surface area contributed by atoms with Crippen molar-refractivity contribution in [2.45, 2.75) is 6.54 Å². The number of nitro benzene ring substituents is 1. The van der Waals surface area contributed by atoms with Crippen molar-refractivity contribution in [1.29, 1.82) is 0 Å². The molecule has 6 nitrogen and oxygen atoms in total. The molecule has 1 fully saturated rings. The first-order valence-corrected chi connectivity index (χ1v) is 5.62. The summed E-state index contributed by atoms with van der Waals surface area (Å²) in [6.07, 6.45) is 0. The zero-order valence-corrected chi connectivity index (χ0v) is 9.76. The lowest BCUT2D eigenvalue weighted by Crippen LogP contribution is -2.41. The molecule has 1 aliphatic rings. The van der Waals surface area contributed by atoms with Crippen LogP contribution in [0.25, 0.3) is 0 Å². The van der Waals surface area contributed by atoms with Gasteiger partial charge in [-0.3, -0.25) is 15.0 Å². The van der Waals surface area contributed by atoms with Crippen molar-refractivity contribution < 1.29 is 9.72 Å². The molecule has 2 rings (SSSR count). The number of nitrogens with zero attached hydrogens (tertiary/aromatic N) is 2. The lowest BCUT2D eigenvalue weighted by molar-refractivity contribution is -0.384. The zero-order valence-electron chi connectivity index (χ0n) is 9.76. The van der Waals surface area contributed by atoms with Crippen molar-refractivity contribution in [3.63, 3.8) is 0 Å². The number of nitro groups is 1. The van der Waals surface area contributed by atoms with Crippen LogP contribution in [-0.4, -0.2) is 35.4 Å². The molecule has 0 bridgehead atoms. The average molecular weight is 247 g/mol. The minimum absolute atomic E-state index is 0.0903. The van der Waals surface area contributed by atoms with Gasteiger partial charge in [-0.25, -0.2) is 4.79 Å². The number of piperazine rings is 1. The molecule has 0 unspecified atom stereocenters. The van der Waals surface area contributed by atoms with Crippen molar-refractivity contribution in [2.24, 2.45) is 0 Å². The lowest BCUT2D eigenvalue weighted by atomic mass is 10.2. The predicted octanol–water partition coefficient (Wildman–Crippen LogP) is 0.716. The summed E-state index contributed by atoms with van der Waals surface area (Å²) in [6, 6.07) is 6.47. The van der Waals surface area contributed by atoms with E-state index >= 15 is 0 Å². The molecule has 1 N–H and O–H groups in total. The Morgan fingerprint density at radius 3 is 2.72 bits per heavy atom. The summed E-state index contributed by atoms with van der Waals surface area (Å²) in [4.78, 5) is 22.8. The van der Waals surface area contributed by atoms with E-state index < -0.39 is 4.92 Å². The topological polar surface area (TPSA) is 75.5 Å². The molecule has 6 heteroatoms. The maximum absolute atomic E-state index is 10.6. The fourth-order valence-electron chi connectivity index (χ4n) is 1.91. The van der Waals surface area contributed by atoms with E-state index in [1.165, 1.54) is 12.1 Å². The minimum atomic E-state index is -0.415. The van der Waals surface area contributed by atoms with E-state index in [0.29, 0.717) is 18.8 Å². The maximum atomic E-state index is 10.6. The fourth-order valence-corrected chi connectivity index (χ4v) is 1.91. The van der Waals surface area contributed by atoms with Gasteiger partial charge >= 0.3 is 0 Å². The smallest absolute Gasteiger partial charge is 0.269 e. The molecule has 0 amide bonds. The zero-order chi connectivity index (χ0) is 13.0. The van der Waals surface area contributed by atoms with Gasteiger partial charge in [0.25, 0.3) is 5.69 Å². The predicted molar refractivity (Wildman–Crippen MR) is 65.6 cm³/mol. The van der Waals surface area contributed by atoms with E-state index in [0.717, 1.165) is 18.7 Å². The van der Waals surface area contributed by atoms with Crippen molar-refractivity contribution in [3.8, 4) is 0 Å². The van der Waals surface area contributed by atoms with Gasteiger partial charge in [0.1, 0.15) is 11.6 Å². The van der Waals surface area contributed by atoms with Gasteiger partial charge in [-0.05, 0) is 5.56 Å². The van der Waals surface area contributed by atoms with Crippen LogP contribution in [-0.2, 0) is 11.3 Å². The summed E-state index contributed by atoms with van der Waals surface area (Å²) in [6.45, 7) is 2.77. The van der Waals surface area contributed by atoms with Gasteiger partial charge in [0.05, 0.1) is 4.92 Å². The fraction of sp³-hybridized carbons (Fsp3) is 0.333. The van der Waals surface area contributed by atoms with Gasteiger partial charge in [-0.1, -0.05) is 12.1 Å². The summed E-state index contributed by atoms with van der Waals surface area (Å²) < 4.78 is 0. The third-order valence-electron chi connectivity index (χ3n) is 2.82. The highest BCUT2D eigenvalue weighted by Crippen LogP contribution is 2.14. The summed E-state index contributed by atoms with van der Waals surface area (Å²) in [5.41, 5.74) is 1.64. The Morgan fingerprint density at radius 1 is 1.39 bits per heavy atom. The number of nitrogens with one attached hydrogen (secondary N) is 1. The third-order valence-corrected chi connectivity index (χ3v) is 2.82. The molecule has 1 aromatic carbocycles. The van der Waals surface area contributed by atoms with Crippen LogP contribution < -0.4 is 5.32 Å². The molecule has 94 valence electrons. The first kappa shape index (κ1) is 12.3. The monoisotopic (exact) mass is 247 g/mol. The third kappa shape index (κ3) is 2.94. The Kier molecular flexibility index (Phi) is 3.72. The van der Waals surface area contributed by atoms with Crippen LogP contribution in [0.5, 0.6) is 0 Å². The SMILES string of the molecule is O=C=C1CN(Cc2ccc([N+](=O)[O-])cc2)CCN1. The summed E-state index contributed by atoms with van der Waals surface area (Å²) >= 11 is 0. The molecule has 0 saturated carbocycles. The summed E-state index contributed by atoms with van der Waals surface area (Å²) in [7, 11) is 0.